The summed E-state index contributed by atoms with van der Waals surface area (Å²) in [6.45, 7) is 0. The SMILES string of the molecule is c1ccc(-c2ccc(N(c3ccc(-c4ccc5ccc(-c6cccc7ccccc67)cc5c4)cc3)c3cc4ccccc4c4c3oc3ccccc34)cc2)cc1. The Kier molecular flexibility index (Phi) is 7.53. The monoisotopic (exact) mass is 713 g/mol. The second-order valence-corrected chi connectivity index (χ2v) is 14.5. The zero-order valence-corrected chi connectivity index (χ0v) is 30.6. The third kappa shape index (κ3) is 5.42. The summed E-state index contributed by atoms with van der Waals surface area (Å²) in [5.74, 6) is 0. The van der Waals surface area contributed by atoms with E-state index in [0.29, 0.717) is 0 Å². The van der Waals surface area contributed by atoms with Crippen LogP contribution in [0.3, 0.4) is 0 Å². The molecule has 262 valence electrons. The number of hydrogen-bond donors (Lipinski definition) is 0. The van der Waals surface area contributed by atoms with Gasteiger partial charge in [-0.05, 0) is 114 Å². The number of furan rings is 1. The van der Waals surface area contributed by atoms with E-state index in [9.17, 15) is 0 Å². The first-order valence-electron chi connectivity index (χ1n) is 19.2. The first-order valence-corrected chi connectivity index (χ1v) is 19.2. The normalized spacial score (nSPS) is 11.6. The number of hydrogen-bond acceptors (Lipinski definition) is 2. The van der Waals surface area contributed by atoms with Gasteiger partial charge in [0.25, 0.3) is 0 Å². The van der Waals surface area contributed by atoms with Crippen molar-refractivity contribution in [1.29, 1.82) is 0 Å². The molecule has 2 heteroatoms. The molecule has 0 amide bonds. The van der Waals surface area contributed by atoms with E-state index in [-0.39, 0.29) is 0 Å². The predicted octanol–water partition coefficient (Wildman–Crippen LogP) is 15.5. The molecule has 10 aromatic carbocycles. The van der Waals surface area contributed by atoms with E-state index in [1.165, 1.54) is 60.1 Å². The van der Waals surface area contributed by atoms with E-state index < -0.39 is 0 Å². The molecule has 1 aromatic heterocycles. The zero-order valence-electron chi connectivity index (χ0n) is 30.6. The van der Waals surface area contributed by atoms with Gasteiger partial charge in [-0.3, -0.25) is 0 Å². The molecule has 0 spiro atoms. The topological polar surface area (TPSA) is 16.4 Å². The van der Waals surface area contributed by atoms with Crippen molar-refractivity contribution in [2.75, 3.05) is 4.90 Å². The highest BCUT2D eigenvalue weighted by Crippen LogP contribution is 2.46. The van der Waals surface area contributed by atoms with Crippen molar-refractivity contribution in [2.45, 2.75) is 0 Å². The van der Waals surface area contributed by atoms with Crippen LogP contribution in [0.1, 0.15) is 0 Å². The van der Waals surface area contributed by atoms with E-state index in [2.05, 4.69) is 211 Å². The van der Waals surface area contributed by atoms with Gasteiger partial charge in [-0.2, -0.15) is 0 Å². The van der Waals surface area contributed by atoms with Gasteiger partial charge in [0.05, 0.1) is 5.69 Å². The summed E-state index contributed by atoms with van der Waals surface area (Å²) < 4.78 is 6.77. The lowest BCUT2D eigenvalue weighted by Crippen LogP contribution is -2.10. The van der Waals surface area contributed by atoms with Gasteiger partial charge in [-0.25, -0.2) is 0 Å². The van der Waals surface area contributed by atoms with Gasteiger partial charge in [0, 0.05) is 22.1 Å². The van der Waals surface area contributed by atoms with Crippen LogP contribution < -0.4 is 4.90 Å². The lowest BCUT2D eigenvalue weighted by atomic mass is 9.95. The van der Waals surface area contributed by atoms with Crippen LogP contribution in [0.2, 0.25) is 0 Å². The summed E-state index contributed by atoms with van der Waals surface area (Å²) in [6, 6.07) is 76.4. The van der Waals surface area contributed by atoms with Gasteiger partial charge in [0.1, 0.15) is 5.58 Å². The third-order valence-corrected chi connectivity index (χ3v) is 11.2. The summed E-state index contributed by atoms with van der Waals surface area (Å²) in [4.78, 5) is 2.34. The molecular formula is C54H35NO. The van der Waals surface area contributed by atoms with Crippen molar-refractivity contribution in [3.63, 3.8) is 0 Å². The Bertz CT molecular complexity index is 3230. The molecule has 0 saturated heterocycles. The molecule has 0 unspecified atom stereocenters. The highest BCUT2D eigenvalue weighted by atomic mass is 16.3. The zero-order chi connectivity index (χ0) is 37.0. The molecule has 11 aromatic rings. The summed E-state index contributed by atoms with van der Waals surface area (Å²) in [7, 11) is 0. The molecule has 0 aliphatic heterocycles. The fraction of sp³-hybridized carbons (Fsp3) is 0. The second kappa shape index (κ2) is 13.2. The fourth-order valence-corrected chi connectivity index (χ4v) is 8.46. The Morgan fingerprint density at radius 1 is 0.321 bits per heavy atom. The largest absolute Gasteiger partial charge is 0.454 e. The molecule has 0 saturated carbocycles. The molecule has 0 aliphatic carbocycles. The predicted molar refractivity (Wildman–Crippen MR) is 237 cm³/mol. The van der Waals surface area contributed by atoms with Gasteiger partial charge in [-0.15, -0.1) is 0 Å². The number of para-hydroxylation sites is 1. The Morgan fingerprint density at radius 2 is 0.875 bits per heavy atom. The molecular weight excluding hydrogens is 679 g/mol. The van der Waals surface area contributed by atoms with Crippen molar-refractivity contribution in [3.05, 3.63) is 212 Å². The Morgan fingerprint density at radius 3 is 1.64 bits per heavy atom. The minimum atomic E-state index is 0.873. The summed E-state index contributed by atoms with van der Waals surface area (Å²) in [5, 5.41) is 9.59. The van der Waals surface area contributed by atoms with E-state index in [0.717, 1.165) is 44.6 Å². The van der Waals surface area contributed by atoms with Crippen LogP contribution >= 0.6 is 0 Å². The molecule has 0 atom stereocenters. The summed E-state index contributed by atoms with van der Waals surface area (Å²) in [5.41, 5.74) is 12.1. The lowest BCUT2D eigenvalue weighted by molar-refractivity contribution is 0.669. The lowest BCUT2D eigenvalue weighted by Gasteiger charge is -2.26. The highest BCUT2D eigenvalue weighted by molar-refractivity contribution is 6.23. The van der Waals surface area contributed by atoms with Crippen molar-refractivity contribution in [1.82, 2.24) is 0 Å². The van der Waals surface area contributed by atoms with Gasteiger partial charge in [0.15, 0.2) is 5.58 Å². The standard InChI is InChI=1S/C54H35NO/c1-2-11-36(12-3-1)37-25-29-45(30-26-37)55(51-35-42-14-5-7-17-49(42)53-50-18-8-9-20-52(50)56-54(51)53)46-31-27-38(28-32-46)41-23-21-39-22-24-43(34-44(39)33-41)48-19-10-15-40-13-4-6-16-47(40)48/h1-35H. The number of nitrogens with zero attached hydrogens (tertiary/aromatic N) is 1. The highest BCUT2D eigenvalue weighted by Gasteiger charge is 2.22. The number of fused-ring (bicyclic) bond motifs is 7. The molecule has 0 radical (unpaired) electrons. The van der Waals surface area contributed by atoms with Crippen LogP contribution in [0.25, 0.3) is 87.6 Å². The second-order valence-electron chi connectivity index (χ2n) is 14.5. The van der Waals surface area contributed by atoms with Crippen LogP contribution in [-0.2, 0) is 0 Å². The van der Waals surface area contributed by atoms with Gasteiger partial charge in [-0.1, -0.05) is 164 Å². The van der Waals surface area contributed by atoms with E-state index in [1.807, 2.05) is 6.07 Å². The molecule has 11 rings (SSSR count). The van der Waals surface area contributed by atoms with Gasteiger partial charge < -0.3 is 9.32 Å². The van der Waals surface area contributed by atoms with E-state index in [4.69, 9.17) is 4.42 Å². The Hall–Kier alpha value is -7.42. The van der Waals surface area contributed by atoms with Gasteiger partial charge >= 0.3 is 0 Å². The first-order chi connectivity index (χ1) is 27.7. The van der Waals surface area contributed by atoms with Crippen LogP contribution in [0, 0.1) is 0 Å². The van der Waals surface area contributed by atoms with Gasteiger partial charge in [0.2, 0.25) is 0 Å². The van der Waals surface area contributed by atoms with Crippen molar-refractivity contribution in [3.8, 4) is 33.4 Å². The first kappa shape index (κ1) is 32.0. The van der Waals surface area contributed by atoms with E-state index in [1.54, 1.807) is 0 Å². The van der Waals surface area contributed by atoms with Crippen LogP contribution in [0.5, 0.6) is 0 Å². The number of rotatable bonds is 6. The maximum Gasteiger partial charge on any atom is 0.160 e. The molecule has 0 bridgehead atoms. The maximum atomic E-state index is 6.77. The van der Waals surface area contributed by atoms with Crippen molar-refractivity contribution < 1.29 is 4.42 Å². The molecule has 56 heavy (non-hydrogen) atoms. The molecule has 0 fully saturated rings. The third-order valence-electron chi connectivity index (χ3n) is 11.2. The minimum Gasteiger partial charge on any atom is -0.454 e. The molecule has 2 nitrogen and oxygen atoms in total. The maximum absolute atomic E-state index is 6.77. The smallest absolute Gasteiger partial charge is 0.160 e. The molecule has 0 N–H and O–H groups in total. The minimum absolute atomic E-state index is 0.873. The quantitative estimate of drug-likeness (QED) is 0.171. The van der Waals surface area contributed by atoms with Crippen molar-refractivity contribution in [2.24, 2.45) is 0 Å². The summed E-state index contributed by atoms with van der Waals surface area (Å²) >= 11 is 0. The summed E-state index contributed by atoms with van der Waals surface area (Å²) in [6.07, 6.45) is 0. The Balaban J connectivity index is 1.04. The van der Waals surface area contributed by atoms with Crippen LogP contribution in [0.15, 0.2) is 217 Å². The Labute approximate surface area is 325 Å². The molecule has 1 heterocycles. The average Bonchev–Trinajstić information content (AvgIpc) is 3.67. The number of anilines is 3. The van der Waals surface area contributed by atoms with E-state index >= 15 is 0 Å². The van der Waals surface area contributed by atoms with Crippen molar-refractivity contribution >= 4 is 71.3 Å². The average molecular weight is 714 g/mol. The molecule has 0 aliphatic rings. The number of benzene rings is 10. The fourth-order valence-electron chi connectivity index (χ4n) is 8.46. The van der Waals surface area contributed by atoms with Crippen LogP contribution in [0.4, 0.5) is 17.1 Å². The van der Waals surface area contributed by atoms with Crippen LogP contribution in [-0.4, -0.2) is 0 Å².